The molecule has 7 nitrogen and oxygen atoms in total. The first-order valence-electron chi connectivity index (χ1n) is 5.16. The zero-order chi connectivity index (χ0) is 12.1. The third-order valence-corrected chi connectivity index (χ3v) is 2.21. The van der Waals surface area contributed by atoms with E-state index in [0.717, 1.165) is 11.4 Å². The molecule has 3 N–H and O–H groups in total. The van der Waals surface area contributed by atoms with E-state index in [4.69, 9.17) is 5.11 Å². The van der Waals surface area contributed by atoms with E-state index in [1.807, 2.05) is 24.3 Å². The van der Waals surface area contributed by atoms with Gasteiger partial charge in [0, 0.05) is 12.2 Å². The highest BCUT2D eigenvalue weighted by Gasteiger charge is 2.03. The molecule has 0 saturated carbocycles. The minimum absolute atomic E-state index is 0.264. The minimum atomic E-state index is -0.772. The molecule has 1 atom stereocenters. The van der Waals surface area contributed by atoms with E-state index >= 15 is 0 Å². The van der Waals surface area contributed by atoms with Crippen molar-refractivity contribution in [2.24, 2.45) is 0 Å². The molecule has 17 heavy (non-hydrogen) atoms. The summed E-state index contributed by atoms with van der Waals surface area (Å²) in [6, 6.07) is 7.42. The van der Waals surface area contributed by atoms with Gasteiger partial charge in [-0.3, -0.25) is 0 Å². The molecule has 2 aromatic rings. The molecule has 0 aliphatic heterocycles. The number of aliphatic hydroxyl groups is 2. The van der Waals surface area contributed by atoms with Crippen molar-refractivity contribution in [2.75, 3.05) is 18.5 Å². The fourth-order valence-electron chi connectivity index (χ4n) is 1.34. The molecule has 0 radical (unpaired) electrons. The van der Waals surface area contributed by atoms with Gasteiger partial charge in [-0.25, -0.2) is 4.68 Å². The van der Waals surface area contributed by atoms with Crippen LogP contribution in [-0.4, -0.2) is 49.7 Å². The van der Waals surface area contributed by atoms with Gasteiger partial charge in [-0.15, -0.1) is 5.10 Å². The Morgan fingerprint density at radius 1 is 1.41 bits per heavy atom. The monoisotopic (exact) mass is 235 g/mol. The lowest BCUT2D eigenvalue weighted by molar-refractivity contribution is 0.105. The first-order valence-corrected chi connectivity index (χ1v) is 5.16. The number of hydrogen-bond acceptors (Lipinski definition) is 6. The molecule has 0 aliphatic rings. The van der Waals surface area contributed by atoms with Gasteiger partial charge in [0.15, 0.2) is 0 Å². The highest BCUT2D eigenvalue weighted by atomic mass is 16.3. The average Bonchev–Trinajstić information content (AvgIpc) is 2.90. The van der Waals surface area contributed by atoms with Gasteiger partial charge in [0.2, 0.25) is 0 Å². The molecule has 2 rings (SSSR count). The summed E-state index contributed by atoms with van der Waals surface area (Å²) in [5.74, 6) is 0. The maximum atomic E-state index is 9.22. The quantitative estimate of drug-likeness (QED) is 0.642. The summed E-state index contributed by atoms with van der Waals surface area (Å²) >= 11 is 0. The fourth-order valence-corrected chi connectivity index (χ4v) is 1.34. The molecule has 0 bridgehead atoms. The van der Waals surface area contributed by atoms with Gasteiger partial charge in [0.1, 0.15) is 6.33 Å². The molecule has 90 valence electrons. The van der Waals surface area contributed by atoms with Crippen LogP contribution in [-0.2, 0) is 0 Å². The SMILES string of the molecule is OCC(O)CNc1cccc(-n2cnnn2)c1. The Morgan fingerprint density at radius 3 is 3.00 bits per heavy atom. The Balaban J connectivity index is 2.07. The highest BCUT2D eigenvalue weighted by molar-refractivity contribution is 5.50. The van der Waals surface area contributed by atoms with Gasteiger partial charge >= 0.3 is 0 Å². The van der Waals surface area contributed by atoms with Crippen LogP contribution in [0.5, 0.6) is 0 Å². The topological polar surface area (TPSA) is 96.1 Å². The van der Waals surface area contributed by atoms with Crippen LogP contribution in [0.4, 0.5) is 5.69 Å². The van der Waals surface area contributed by atoms with Crippen molar-refractivity contribution in [3.05, 3.63) is 30.6 Å². The maximum absolute atomic E-state index is 9.22. The van der Waals surface area contributed by atoms with Crippen molar-refractivity contribution < 1.29 is 10.2 Å². The third-order valence-electron chi connectivity index (χ3n) is 2.21. The van der Waals surface area contributed by atoms with E-state index in [2.05, 4.69) is 20.8 Å². The number of hydrogen-bond donors (Lipinski definition) is 3. The van der Waals surface area contributed by atoms with E-state index in [1.54, 1.807) is 0 Å². The van der Waals surface area contributed by atoms with Gasteiger partial charge in [-0.1, -0.05) is 6.07 Å². The lowest BCUT2D eigenvalue weighted by atomic mass is 10.2. The second-order valence-electron chi connectivity index (χ2n) is 3.52. The normalized spacial score (nSPS) is 12.4. The summed E-state index contributed by atoms with van der Waals surface area (Å²) in [6.45, 7) is 0.0231. The van der Waals surface area contributed by atoms with Crippen LogP contribution >= 0.6 is 0 Å². The van der Waals surface area contributed by atoms with Crippen LogP contribution in [0.25, 0.3) is 5.69 Å². The van der Waals surface area contributed by atoms with Crippen LogP contribution in [0.15, 0.2) is 30.6 Å². The van der Waals surface area contributed by atoms with Gasteiger partial charge in [-0.05, 0) is 28.6 Å². The number of benzene rings is 1. The summed E-state index contributed by atoms with van der Waals surface area (Å²) in [5, 5.41) is 31.8. The molecule has 0 fully saturated rings. The van der Waals surface area contributed by atoms with Crippen molar-refractivity contribution in [2.45, 2.75) is 6.10 Å². The highest BCUT2D eigenvalue weighted by Crippen LogP contribution is 2.13. The number of nitrogens with one attached hydrogen (secondary N) is 1. The predicted octanol–water partition coefficient (Wildman–Crippen LogP) is -0.573. The summed E-state index contributed by atoms with van der Waals surface area (Å²) in [5.41, 5.74) is 1.64. The molecular formula is C10H13N5O2. The van der Waals surface area contributed by atoms with Crippen molar-refractivity contribution in [1.82, 2.24) is 20.2 Å². The fraction of sp³-hybridized carbons (Fsp3) is 0.300. The number of anilines is 1. The van der Waals surface area contributed by atoms with Gasteiger partial charge < -0.3 is 15.5 Å². The van der Waals surface area contributed by atoms with Gasteiger partial charge in [-0.2, -0.15) is 0 Å². The Labute approximate surface area is 97.7 Å². The Kier molecular flexibility index (Phi) is 3.63. The second-order valence-corrected chi connectivity index (χ2v) is 3.52. The third kappa shape index (κ3) is 2.99. The molecule has 1 aromatic carbocycles. The molecule has 0 aliphatic carbocycles. The standard InChI is InChI=1S/C10H13N5O2/c16-6-10(17)5-11-8-2-1-3-9(4-8)15-7-12-13-14-15/h1-4,7,10-11,16-17H,5-6H2. The number of tetrazole rings is 1. The average molecular weight is 235 g/mol. The van der Waals surface area contributed by atoms with Crippen molar-refractivity contribution in [1.29, 1.82) is 0 Å². The van der Waals surface area contributed by atoms with Gasteiger partial charge in [0.05, 0.1) is 18.4 Å². The van der Waals surface area contributed by atoms with E-state index in [9.17, 15) is 5.11 Å². The number of aromatic nitrogens is 4. The first kappa shape index (κ1) is 11.5. The number of aliphatic hydroxyl groups excluding tert-OH is 2. The molecule has 0 spiro atoms. The maximum Gasteiger partial charge on any atom is 0.143 e. The zero-order valence-corrected chi connectivity index (χ0v) is 9.06. The summed E-state index contributed by atoms with van der Waals surface area (Å²) in [4.78, 5) is 0. The zero-order valence-electron chi connectivity index (χ0n) is 9.06. The van der Waals surface area contributed by atoms with Crippen molar-refractivity contribution in [3.63, 3.8) is 0 Å². The van der Waals surface area contributed by atoms with Crippen molar-refractivity contribution >= 4 is 5.69 Å². The number of nitrogens with zero attached hydrogens (tertiary/aromatic N) is 4. The molecule has 1 aromatic heterocycles. The van der Waals surface area contributed by atoms with E-state index < -0.39 is 6.10 Å². The van der Waals surface area contributed by atoms with Crippen LogP contribution in [0.2, 0.25) is 0 Å². The van der Waals surface area contributed by atoms with E-state index in [0.29, 0.717) is 0 Å². The molecule has 7 heteroatoms. The van der Waals surface area contributed by atoms with E-state index in [-0.39, 0.29) is 13.2 Å². The smallest absolute Gasteiger partial charge is 0.143 e. The molecule has 1 heterocycles. The van der Waals surface area contributed by atoms with Gasteiger partial charge in [0.25, 0.3) is 0 Å². The Bertz CT molecular complexity index is 459. The first-order chi connectivity index (χ1) is 8.29. The summed E-state index contributed by atoms with van der Waals surface area (Å²) < 4.78 is 1.54. The molecule has 0 saturated heterocycles. The predicted molar refractivity (Wildman–Crippen MR) is 60.7 cm³/mol. The summed E-state index contributed by atoms with van der Waals surface area (Å²) in [6.07, 6.45) is 0.730. The minimum Gasteiger partial charge on any atom is -0.394 e. The molecular weight excluding hydrogens is 222 g/mol. The number of rotatable bonds is 5. The van der Waals surface area contributed by atoms with E-state index in [1.165, 1.54) is 11.0 Å². The Morgan fingerprint density at radius 2 is 2.29 bits per heavy atom. The molecule has 1 unspecified atom stereocenters. The summed E-state index contributed by atoms with van der Waals surface area (Å²) in [7, 11) is 0. The lowest BCUT2D eigenvalue weighted by Gasteiger charge is -2.10. The van der Waals surface area contributed by atoms with Crippen LogP contribution in [0.1, 0.15) is 0 Å². The van der Waals surface area contributed by atoms with Crippen LogP contribution in [0, 0.1) is 0 Å². The van der Waals surface area contributed by atoms with Crippen LogP contribution in [0.3, 0.4) is 0 Å². The Hall–Kier alpha value is -1.99. The second kappa shape index (κ2) is 5.37. The van der Waals surface area contributed by atoms with Crippen molar-refractivity contribution in [3.8, 4) is 5.69 Å². The largest absolute Gasteiger partial charge is 0.394 e. The van der Waals surface area contributed by atoms with Crippen LogP contribution < -0.4 is 5.32 Å². The lowest BCUT2D eigenvalue weighted by Crippen LogP contribution is -2.22. The molecule has 0 amide bonds.